The number of hydrogen-bond acceptors (Lipinski definition) is 5. The zero-order valence-corrected chi connectivity index (χ0v) is 28.4. The van der Waals surface area contributed by atoms with Crippen molar-refractivity contribution in [1.29, 1.82) is 0 Å². The van der Waals surface area contributed by atoms with Crippen molar-refractivity contribution in [3.8, 4) is 0 Å². The summed E-state index contributed by atoms with van der Waals surface area (Å²) in [6.07, 6.45) is 2.11. The molecule has 252 valence electrons. The summed E-state index contributed by atoms with van der Waals surface area (Å²) in [6.45, 7) is 26.0. The minimum atomic E-state index is -0.0717. The highest BCUT2D eigenvalue weighted by Crippen LogP contribution is 2.33. The molecule has 0 radical (unpaired) electrons. The molecule has 2 rings (SSSR count). The van der Waals surface area contributed by atoms with E-state index in [0.717, 1.165) is 32.5 Å². The molecule has 8 atom stereocenters. The number of carbonyl (C=O) groups excluding carboxylic acids is 2. The highest BCUT2D eigenvalue weighted by Gasteiger charge is 2.42. The Morgan fingerprint density at radius 1 is 0.667 bits per heavy atom. The lowest BCUT2D eigenvalue weighted by atomic mass is 9.88. The predicted octanol–water partition coefficient (Wildman–Crippen LogP) is 7.27. The van der Waals surface area contributed by atoms with Crippen molar-refractivity contribution in [3.05, 3.63) is 0 Å². The molecule has 0 bridgehead atoms. The van der Waals surface area contributed by atoms with Gasteiger partial charge in [0, 0.05) is 52.4 Å². The van der Waals surface area contributed by atoms with Crippen LogP contribution in [0, 0.1) is 47.3 Å². The van der Waals surface area contributed by atoms with E-state index in [2.05, 4.69) is 72.1 Å². The van der Waals surface area contributed by atoms with E-state index >= 15 is 0 Å². The van der Waals surface area contributed by atoms with E-state index in [0.29, 0.717) is 41.7 Å². The average molecular weight is 601 g/mol. The van der Waals surface area contributed by atoms with Gasteiger partial charge in [-0.15, -0.1) is 0 Å². The van der Waals surface area contributed by atoms with E-state index in [4.69, 9.17) is 14.2 Å². The Morgan fingerprint density at radius 3 is 1.38 bits per heavy atom. The second-order valence-corrected chi connectivity index (χ2v) is 13.9. The molecule has 0 aliphatic carbocycles. The van der Waals surface area contributed by atoms with Gasteiger partial charge >= 0.3 is 0 Å². The number of amides is 2. The quantitative estimate of drug-likeness (QED) is 0.236. The Labute approximate surface area is 261 Å². The molecule has 42 heavy (non-hydrogen) atoms. The largest absolute Gasteiger partial charge is 0.384 e. The highest BCUT2D eigenvalue weighted by molar-refractivity contribution is 5.81. The van der Waals surface area contributed by atoms with Crippen LogP contribution in [0.3, 0.4) is 0 Å². The highest BCUT2D eigenvalue weighted by atomic mass is 16.5. The van der Waals surface area contributed by atoms with Crippen molar-refractivity contribution in [2.24, 2.45) is 47.3 Å². The lowest BCUT2D eigenvalue weighted by molar-refractivity contribution is -0.144. The summed E-state index contributed by atoms with van der Waals surface area (Å²) in [5.74, 6) is 3.09. The van der Waals surface area contributed by atoms with Crippen molar-refractivity contribution < 1.29 is 23.8 Å². The molecule has 2 saturated heterocycles. The number of ether oxygens (including phenoxy) is 3. The fraction of sp³-hybridized carbons (Fsp3) is 0.943. The van der Waals surface area contributed by atoms with Crippen molar-refractivity contribution >= 4 is 11.8 Å². The third kappa shape index (κ3) is 11.4. The van der Waals surface area contributed by atoms with Crippen LogP contribution >= 0.6 is 0 Å². The van der Waals surface area contributed by atoms with Gasteiger partial charge in [-0.25, -0.2) is 0 Å². The van der Waals surface area contributed by atoms with Gasteiger partial charge < -0.3 is 24.0 Å². The minimum absolute atomic E-state index is 0. The topological polar surface area (TPSA) is 68.3 Å². The Kier molecular flexibility index (Phi) is 20.4. The van der Waals surface area contributed by atoms with E-state index in [1.54, 1.807) is 21.3 Å². The summed E-state index contributed by atoms with van der Waals surface area (Å²) < 4.78 is 16.2. The van der Waals surface area contributed by atoms with Crippen LogP contribution in [0.2, 0.25) is 0 Å². The van der Waals surface area contributed by atoms with Gasteiger partial charge in [0.05, 0.1) is 30.7 Å². The lowest BCUT2D eigenvalue weighted by Crippen LogP contribution is -2.47. The number of rotatable bonds is 12. The van der Waals surface area contributed by atoms with Gasteiger partial charge in [-0.05, 0) is 56.3 Å². The van der Waals surface area contributed by atoms with E-state index in [9.17, 15) is 9.59 Å². The second kappa shape index (κ2) is 20.0. The molecule has 0 aromatic carbocycles. The standard InChI is InChI=1S/C17H33NO3.C16H31NO2.2CH4/c1-11(2)15-8-14(10-20-6)9-18(15)17(19)16(12(3)4)13(5)21-7;1-10(2)14-8-12(5)9-17(14)16(18)15(11(3)4)13(6)19-7;;/h11-16H,8-10H2,1-7H3;10-15H,8-9H2,1-7H3;2*1H4/t13?,14?,15-,16?;12?,13?,14-,15?;;/m00../s1. The van der Waals surface area contributed by atoms with Gasteiger partial charge in [-0.2, -0.15) is 0 Å². The molecule has 0 aromatic heterocycles. The maximum absolute atomic E-state index is 13.1. The van der Waals surface area contributed by atoms with E-state index in [1.807, 2.05) is 13.8 Å². The Morgan fingerprint density at radius 2 is 1.05 bits per heavy atom. The summed E-state index contributed by atoms with van der Waals surface area (Å²) in [7, 11) is 5.11. The Balaban J connectivity index is 0. The second-order valence-electron chi connectivity index (χ2n) is 13.9. The normalized spacial score (nSPS) is 25.1. The van der Waals surface area contributed by atoms with Crippen LogP contribution in [0.1, 0.15) is 104 Å². The fourth-order valence-electron chi connectivity index (χ4n) is 6.90. The van der Waals surface area contributed by atoms with Crippen LogP contribution in [0.5, 0.6) is 0 Å². The van der Waals surface area contributed by atoms with E-state index < -0.39 is 0 Å². The monoisotopic (exact) mass is 601 g/mol. The van der Waals surface area contributed by atoms with Gasteiger partial charge in [0.25, 0.3) is 0 Å². The number of carbonyl (C=O) groups is 2. The molecular formula is C35H72N2O5. The van der Waals surface area contributed by atoms with Gasteiger partial charge in [0.1, 0.15) is 0 Å². The van der Waals surface area contributed by atoms with Gasteiger partial charge in [0.2, 0.25) is 11.8 Å². The molecule has 2 fully saturated rings. The number of likely N-dealkylation sites (tertiary alicyclic amines) is 2. The zero-order valence-electron chi connectivity index (χ0n) is 28.4. The first-order valence-corrected chi connectivity index (χ1v) is 15.8. The molecule has 0 saturated carbocycles. The molecule has 2 aliphatic rings. The first-order valence-electron chi connectivity index (χ1n) is 15.8. The third-order valence-electron chi connectivity index (χ3n) is 9.25. The number of hydrogen-bond donors (Lipinski definition) is 0. The van der Waals surface area contributed by atoms with Gasteiger partial charge in [0.15, 0.2) is 0 Å². The molecule has 2 heterocycles. The molecule has 2 aliphatic heterocycles. The van der Waals surface area contributed by atoms with Crippen LogP contribution in [0.15, 0.2) is 0 Å². The van der Waals surface area contributed by atoms with Crippen LogP contribution in [0.25, 0.3) is 0 Å². The Bertz CT molecular complexity index is 756. The van der Waals surface area contributed by atoms with Crippen molar-refractivity contribution in [2.45, 2.75) is 128 Å². The van der Waals surface area contributed by atoms with Crippen molar-refractivity contribution in [2.75, 3.05) is 41.0 Å². The maximum Gasteiger partial charge on any atom is 0.228 e. The van der Waals surface area contributed by atoms with E-state index in [1.165, 1.54) is 0 Å². The summed E-state index contributed by atoms with van der Waals surface area (Å²) in [6, 6.07) is 0.718. The molecule has 7 nitrogen and oxygen atoms in total. The summed E-state index contributed by atoms with van der Waals surface area (Å²) >= 11 is 0. The third-order valence-corrected chi connectivity index (χ3v) is 9.25. The van der Waals surface area contributed by atoms with Crippen LogP contribution in [-0.4, -0.2) is 86.9 Å². The zero-order chi connectivity index (χ0) is 30.9. The maximum atomic E-state index is 13.1. The smallest absolute Gasteiger partial charge is 0.228 e. The van der Waals surface area contributed by atoms with Crippen LogP contribution in [-0.2, 0) is 23.8 Å². The number of nitrogens with zero attached hydrogens (tertiary/aromatic N) is 2. The SMILES string of the molecule is C.C.COC(C)C(C(=O)N1CC(C)C[C@H]1C(C)C)C(C)C.COCC1C[C@@H](C(C)C)N(C(=O)C(C(C)C)C(C)OC)C1. The molecule has 7 heteroatoms. The molecule has 6 unspecified atom stereocenters. The van der Waals surface area contributed by atoms with Crippen LogP contribution in [0.4, 0.5) is 0 Å². The first-order chi connectivity index (χ1) is 18.6. The average Bonchev–Trinajstić information content (AvgIpc) is 3.48. The molecule has 0 N–H and O–H groups in total. The van der Waals surface area contributed by atoms with Crippen molar-refractivity contribution in [3.63, 3.8) is 0 Å². The van der Waals surface area contributed by atoms with E-state index in [-0.39, 0.29) is 56.6 Å². The first kappa shape index (κ1) is 43.0. The molecule has 0 spiro atoms. The van der Waals surface area contributed by atoms with Crippen molar-refractivity contribution in [1.82, 2.24) is 9.80 Å². The summed E-state index contributed by atoms with van der Waals surface area (Å²) in [5, 5.41) is 0. The summed E-state index contributed by atoms with van der Waals surface area (Å²) in [4.78, 5) is 30.2. The van der Waals surface area contributed by atoms with Gasteiger partial charge in [-0.1, -0.05) is 77.2 Å². The number of methoxy groups -OCH3 is 3. The molecule has 0 aromatic rings. The predicted molar refractivity (Wildman–Crippen MR) is 178 cm³/mol. The van der Waals surface area contributed by atoms with Gasteiger partial charge in [-0.3, -0.25) is 9.59 Å². The molecular weight excluding hydrogens is 528 g/mol. The fourth-order valence-corrected chi connectivity index (χ4v) is 6.90. The Hall–Kier alpha value is -1.18. The molecule has 2 amide bonds. The minimum Gasteiger partial charge on any atom is -0.384 e. The lowest BCUT2D eigenvalue weighted by Gasteiger charge is -2.34. The van der Waals surface area contributed by atoms with Crippen LogP contribution < -0.4 is 0 Å². The summed E-state index contributed by atoms with van der Waals surface area (Å²) in [5.41, 5.74) is 0.